The maximum absolute atomic E-state index is 12.6. The first-order valence-corrected chi connectivity index (χ1v) is 8.10. The standard InChI is InChI=1S/C12H10N2O6S2/c1-20-12(15)11-10(13)9(6-21-11)22(18,19)8-5-3-2-4-7(8)14(16)17/h2-6H,13H2,1H3. The van der Waals surface area contributed by atoms with Crippen molar-refractivity contribution in [2.24, 2.45) is 0 Å². The van der Waals surface area contributed by atoms with Gasteiger partial charge in [-0.1, -0.05) is 12.1 Å². The smallest absolute Gasteiger partial charge is 0.350 e. The molecule has 0 radical (unpaired) electrons. The number of nitrogen functional groups attached to an aromatic ring is 1. The average molecular weight is 342 g/mol. The van der Waals surface area contributed by atoms with Gasteiger partial charge in [0.15, 0.2) is 0 Å². The zero-order valence-corrected chi connectivity index (χ0v) is 12.8. The summed E-state index contributed by atoms with van der Waals surface area (Å²) >= 11 is 0.796. The van der Waals surface area contributed by atoms with Crippen molar-refractivity contribution in [2.75, 3.05) is 12.8 Å². The number of nitro groups is 1. The Morgan fingerprint density at radius 1 is 1.32 bits per heavy atom. The molecule has 1 aromatic carbocycles. The van der Waals surface area contributed by atoms with Gasteiger partial charge in [0.25, 0.3) is 5.69 Å². The molecule has 0 aliphatic carbocycles. The molecule has 0 saturated heterocycles. The van der Waals surface area contributed by atoms with Crippen molar-refractivity contribution in [2.45, 2.75) is 9.79 Å². The second kappa shape index (κ2) is 5.73. The molecule has 0 atom stereocenters. The largest absolute Gasteiger partial charge is 0.465 e. The van der Waals surface area contributed by atoms with Gasteiger partial charge in [0.05, 0.1) is 17.7 Å². The van der Waals surface area contributed by atoms with E-state index >= 15 is 0 Å². The third kappa shape index (κ3) is 2.53. The first-order chi connectivity index (χ1) is 10.3. The van der Waals surface area contributed by atoms with Crippen molar-refractivity contribution >= 4 is 38.5 Å². The average Bonchev–Trinajstić information content (AvgIpc) is 2.88. The first-order valence-electron chi connectivity index (χ1n) is 5.74. The number of ether oxygens (including phenoxy) is 1. The van der Waals surface area contributed by atoms with E-state index in [1.54, 1.807) is 0 Å². The fraction of sp³-hybridized carbons (Fsp3) is 0.0833. The predicted octanol–water partition coefficient (Wildman–Crippen LogP) is 1.86. The van der Waals surface area contributed by atoms with Gasteiger partial charge >= 0.3 is 5.97 Å². The Morgan fingerprint density at radius 3 is 2.55 bits per heavy atom. The molecule has 0 fully saturated rings. The van der Waals surface area contributed by atoms with E-state index in [4.69, 9.17) is 5.73 Å². The van der Waals surface area contributed by atoms with Crippen LogP contribution in [0, 0.1) is 10.1 Å². The molecule has 0 amide bonds. The molecular formula is C12H10N2O6S2. The Bertz CT molecular complexity index is 856. The molecule has 8 nitrogen and oxygen atoms in total. The summed E-state index contributed by atoms with van der Waals surface area (Å²) in [6.45, 7) is 0. The Hall–Kier alpha value is -2.46. The van der Waals surface area contributed by atoms with Crippen LogP contribution in [0.2, 0.25) is 0 Å². The van der Waals surface area contributed by atoms with Gasteiger partial charge in [0, 0.05) is 11.4 Å². The van der Waals surface area contributed by atoms with Gasteiger partial charge < -0.3 is 10.5 Å². The fourth-order valence-electron chi connectivity index (χ4n) is 1.76. The second-order valence-corrected chi connectivity index (χ2v) is 6.83. The van der Waals surface area contributed by atoms with Crippen LogP contribution in [0.5, 0.6) is 0 Å². The number of carbonyl (C=O) groups is 1. The van der Waals surface area contributed by atoms with Crippen LogP contribution in [-0.4, -0.2) is 26.4 Å². The van der Waals surface area contributed by atoms with Crippen LogP contribution in [0.3, 0.4) is 0 Å². The summed E-state index contributed by atoms with van der Waals surface area (Å²) in [5, 5.41) is 12.1. The van der Waals surface area contributed by atoms with Gasteiger partial charge in [-0.15, -0.1) is 11.3 Å². The molecule has 2 rings (SSSR count). The highest BCUT2D eigenvalue weighted by atomic mass is 32.2. The van der Waals surface area contributed by atoms with Crippen LogP contribution < -0.4 is 5.73 Å². The van der Waals surface area contributed by atoms with Gasteiger partial charge in [-0.05, 0) is 6.07 Å². The van der Waals surface area contributed by atoms with E-state index in [9.17, 15) is 23.3 Å². The molecule has 0 unspecified atom stereocenters. The molecule has 2 N–H and O–H groups in total. The first kappa shape index (κ1) is 15.9. The van der Waals surface area contributed by atoms with Gasteiger partial charge in [-0.25, -0.2) is 13.2 Å². The molecule has 0 bridgehead atoms. The molecule has 2 aromatic rings. The minimum Gasteiger partial charge on any atom is -0.465 e. The van der Waals surface area contributed by atoms with Crippen molar-refractivity contribution < 1.29 is 22.9 Å². The van der Waals surface area contributed by atoms with E-state index < -0.39 is 31.3 Å². The quantitative estimate of drug-likeness (QED) is 0.510. The van der Waals surface area contributed by atoms with Crippen molar-refractivity contribution in [3.8, 4) is 0 Å². The van der Waals surface area contributed by atoms with Gasteiger partial charge in [-0.2, -0.15) is 0 Å². The number of para-hydroxylation sites is 1. The minimum atomic E-state index is -4.23. The Balaban J connectivity index is 2.65. The predicted molar refractivity (Wildman–Crippen MR) is 78.6 cm³/mol. The zero-order valence-electron chi connectivity index (χ0n) is 11.2. The van der Waals surface area contributed by atoms with E-state index in [0.717, 1.165) is 36.0 Å². The number of sulfone groups is 1. The van der Waals surface area contributed by atoms with Crippen LogP contribution in [0.4, 0.5) is 11.4 Å². The number of esters is 1. The van der Waals surface area contributed by atoms with Gasteiger partial charge in [0.1, 0.15) is 14.7 Å². The third-order valence-corrected chi connectivity index (χ3v) is 5.77. The number of rotatable bonds is 4. The van der Waals surface area contributed by atoms with Crippen molar-refractivity contribution in [3.63, 3.8) is 0 Å². The number of nitrogens with zero attached hydrogens (tertiary/aromatic N) is 1. The molecule has 0 saturated carbocycles. The van der Waals surface area contributed by atoms with E-state index in [-0.39, 0.29) is 15.5 Å². The molecule has 0 spiro atoms. The number of anilines is 1. The molecule has 116 valence electrons. The molecule has 0 aliphatic heterocycles. The van der Waals surface area contributed by atoms with Gasteiger partial charge in [0.2, 0.25) is 9.84 Å². The minimum absolute atomic E-state index is 0.0698. The molecule has 1 heterocycles. The summed E-state index contributed by atoms with van der Waals surface area (Å²) in [4.78, 5) is 20.8. The number of nitrogens with two attached hydrogens (primary N) is 1. The molecule has 22 heavy (non-hydrogen) atoms. The highest BCUT2D eigenvalue weighted by molar-refractivity contribution is 7.92. The van der Waals surface area contributed by atoms with Crippen LogP contribution in [0.1, 0.15) is 9.67 Å². The highest BCUT2D eigenvalue weighted by Gasteiger charge is 2.31. The van der Waals surface area contributed by atoms with Crippen LogP contribution in [0.25, 0.3) is 0 Å². The molecule has 0 aliphatic rings. The molecule has 1 aromatic heterocycles. The Morgan fingerprint density at radius 2 is 1.95 bits per heavy atom. The van der Waals surface area contributed by atoms with Crippen LogP contribution >= 0.6 is 11.3 Å². The number of nitro benzene ring substituents is 1. The van der Waals surface area contributed by atoms with Crippen molar-refractivity contribution in [1.82, 2.24) is 0 Å². The van der Waals surface area contributed by atoms with Crippen molar-refractivity contribution in [1.29, 1.82) is 0 Å². The zero-order chi connectivity index (χ0) is 16.5. The van der Waals surface area contributed by atoms with E-state index in [1.165, 1.54) is 12.1 Å². The summed E-state index contributed by atoms with van der Waals surface area (Å²) in [5.41, 5.74) is 4.85. The number of benzene rings is 1. The lowest BCUT2D eigenvalue weighted by atomic mass is 10.3. The number of carbonyl (C=O) groups excluding carboxylic acids is 1. The maximum Gasteiger partial charge on any atom is 0.350 e. The topological polar surface area (TPSA) is 130 Å². The maximum atomic E-state index is 12.6. The lowest BCUT2D eigenvalue weighted by Gasteiger charge is -2.05. The lowest BCUT2D eigenvalue weighted by Crippen LogP contribution is -2.08. The van der Waals surface area contributed by atoms with Crippen LogP contribution in [-0.2, 0) is 14.6 Å². The summed E-state index contributed by atoms with van der Waals surface area (Å²) < 4.78 is 29.6. The van der Waals surface area contributed by atoms with Crippen molar-refractivity contribution in [3.05, 3.63) is 44.6 Å². The molecule has 10 heteroatoms. The van der Waals surface area contributed by atoms with E-state index in [1.807, 2.05) is 0 Å². The number of thiophene rings is 1. The highest BCUT2D eigenvalue weighted by Crippen LogP contribution is 2.36. The van der Waals surface area contributed by atoms with E-state index in [0.29, 0.717) is 0 Å². The number of methoxy groups -OCH3 is 1. The normalized spacial score (nSPS) is 11.1. The molecular weight excluding hydrogens is 332 g/mol. The van der Waals surface area contributed by atoms with Crippen LogP contribution in [0.15, 0.2) is 39.4 Å². The van der Waals surface area contributed by atoms with E-state index in [2.05, 4.69) is 4.74 Å². The third-order valence-electron chi connectivity index (χ3n) is 2.81. The number of hydrogen-bond donors (Lipinski definition) is 1. The Kier molecular flexibility index (Phi) is 4.15. The summed E-state index contributed by atoms with van der Waals surface area (Å²) in [5.74, 6) is -0.772. The summed E-state index contributed by atoms with van der Waals surface area (Å²) in [6, 6.07) is 4.91. The lowest BCUT2D eigenvalue weighted by molar-refractivity contribution is -0.387. The fourth-order valence-corrected chi connectivity index (χ4v) is 4.55. The van der Waals surface area contributed by atoms with Gasteiger partial charge in [-0.3, -0.25) is 10.1 Å². The SMILES string of the molecule is COC(=O)c1scc(S(=O)(=O)c2ccccc2[N+](=O)[O-])c1N. The summed E-state index contributed by atoms with van der Waals surface area (Å²) in [7, 11) is -3.09. The summed E-state index contributed by atoms with van der Waals surface area (Å²) in [6.07, 6.45) is 0. The Labute approximate surface area is 129 Å². The second-order valence-electron chi connectivity index (χ2n) is 4.06. The number of hydrogen-bond acceptors (Lipinski definition) is 8. The monoisotopic (exact) mass is 342 g/mol.